The van der Waals surface area contributed by atoms with Gasteiger partial charge in [0.25, 0.3) is 5.91 Å². The van der Waals surface area contributed by atoms with Crippen LogP contribution in [-0.2, 0) is 11.4 Å². The molecular weight excluding hydrogens is 499 g/mol. The maximum absolute atomic E-state index is 12.4. The molecule has 3 aromatic carbocycles. The van der Waals surface area contributed by atoms with Gasteiger partial charge in [-0.1, -0.05) is 55.3 Å². The van der Waals surface area contributed by atoms with Crippen molar-refractivity contribution in [2.75, 3.05) is 0 Å². The van der Waals surface area contributed by atoms with Crippen LogP contribution >= 0.6 is 22.6 Å². The minimum atomic E-state index is -0.291. The summed E-state index contributed by atoms with van der Waals surface area (Å²) in [5, 5.41) is 14.8. The molecule has 31 heavy (non-hydrogen) atoms. The largest absolute Gasteiger partial charge is 0.488 e. The van der Waals surface area contributed by atoms with Gasteiger partial charge in [-0.3, -0.25) is 4.79 Å². The molecular formula is C26H23IN2O2. The third-order valence-corrected chi connectivity index (χ3v) is 6.37. The molecule has 1 aliphatic rings. The molecule has 0 spiro atoms. The van der Waals surface area contributed by atoms with E-state index in [0.29, 0.717) is 6.61 Å². The molecule has 156 valence electrons. The van der Waals surface area contributed by atoms with Gasteiger partial charge in [0, 0.05) is 6.04 Å². The van der Waals surface area contributed by atoms with E-state index in [4.69, 9.17) is 4.74 Å². The number of fused-ring (bicyclic) bond motifs is 1. The monoisotopic (exact) mass is 522 g/mol. The average Bonchev–Trinajstić information content (AvgIpc) is 3.29. The Kier molecular flexibility index (Phi) is 6.88. The molecule has 0 saturated heterocycles. The lowest BCUT2D eigenvalue weighted by Gasteiger charge is -2.11. The molecule has 0 radical (unpaired) electrons. The summed E-state index contributed by atoms with van der Waals surface area (Å²) in [6.07, 6.45) is 5.89. The van der Waals surface area contributed by atoms with E-state index in [-0.39, 0.29) is 17.5 Å². The van der Waals surface area contributed by atoms with Crippen LogP contribution in [0.2, 0.25) is 0 Å². The molecule has 1 saturated carbocycles. The van der Waals surface area contributed by atoms with Crippen molar-refractivity contribution < 1.29 is 9.53 Å². The summed E-state index contributed by atoms with van der Waals surface area (Å²) in [7, 11) is 0. The zero-order chi connectivity index (χ0) is 21.6. The first kappa shape index (κ1) is 21.4. The predicted octanol–water partition coefficient (Wildman–Crippen LogP) is 5.99. The van der Waals surface area contributed by atoms with Crippen LogP contribution in [0, 0.1) is 14.9 Å². The van der Waals surface area contributed by atoms with E-state index in [0.717, 1.165) is 46.1 Å². The maximum Gasteiger partial charge on any atom is 0.262 e. The number of carbonyl (C=O) groups excluding carboxylic acids is 1. The molecule has 1 fully saturated rings. The highest BCUT2D eigenvalue weighted by molar-refractivity contribution is 14.1. The van der Waals surface area contributed by atoms with Gasteiger partial charge < -0.3 is 10.1 Å². The van der Waals surface area contributed by atoms with Gasteiger partial charge in [0.1, 0.15) is 24.0 Å². The van der Waals surface area contributed by atoms with Gasteiger partial charge in [-0.25, -0.2) is 0 Å². The van der Waals surface area contributed by atoms with Crippen LogP contribution in [0.15, 0.2) is 66.2 Å². The summed E-state index contributed by atoms with van der Waals surface area (Å²) in [5.74, 6) is 0.487. The highest BCUT2D eigenvalue weighted by Gasteiger charge is 2.19. The van der Waals surface area contributed by atoms with Crippen molar-refractivity contribution in [3.8, 4) is 11.8 Å². The lowest BCUT2D eigenvalue weighted by Crippen LogP contribution is -2.33. The second-order valence-corrected chi connectivity index (χ2v) is 8.95. The summed E-state index contributed by atoms with van der Waals surface area (Å²) in [6.45, 7) is 0.475. The Morgan fingerprint density at radius 1 is 1.10 bits per heavy atom. The fourth-order valence-electron chi connectivity index (χ4n) is 3.86. The van der Waals surface area contributed by atoms with Gasteiger partial charge in [-0.05, 0) is 81.6 Å². The van der Waals surface area contributed by atoms with Gasteiger partial charge in [0.05, 0.1) is 3.57 Å². The number of ether oxygens (including phenoxy) is 1. The Labute approximate surface area is 196 Å². The smallest absolute Gasteiger partial charge is 0.262 e. The molecule has 0 unspecified atom stereocenters. The molecule has 3 aromatic rings. The number of nitriles is 1. The first-order chi connectivity index (χ1) is 15.1. The van der Waals surface area contributed by atoms with Gasteiger partial charge in [0.15, 0.2) is 0 Å². The quantitative estimate of drug-likeness (QED) is 0.246. The lowest BCUT2D eigenvalue weighted by molar-refractivity contribution is -0.117. The van der Waals surface area contributed by atoms with Gasteiger partial charge >= 0.3 is 0 Å². The highest BCUT2D eigenvalue weighted by atomic mass is 127. The summed E-state index contributed by atoms with van der Waals surface area (Å²) >= 11 is 2.22. The summed E-state index contributed by atoms with van der Waals surface area (Å²) in [5.41, 5.74) is 2.04. The summed E-state index contributed by atoms with van der Waals surface area (Å²) in [4.78, 5) is 12.4. The first-order valence-corrected chi connectivity index (χ1v) is 11.5. The molecule has 0 aromatic heterocycles. The summed E-state index contributed by atoms with van der Waals surface area (Å²) < 4.78 is 6.95. The highest BCUT2D eigenvalue weighted by Crippen LogP contribution is 2.25. The van der Waals surface area contributed by atoms with Crippen molar-refractivity contribution in [3.05, 3.63) is 80.9 Å². The van der Waals surface area contributed by atoms with Crippen LogP contribution < -0.4 is 10.1 Å². The molecule has 5 heteroatoms. The Morgan fingerprint density at radius 3 is 2.61 bits per heavy atom. The van der Waals surface area contributed by atoms with Crippen LogP contribution in [0.5, 0.6) is 5.75 Å². The van der Waals surface area contributed by atoms with Gasteiger partial charge in [-0.2, -0.15) is 5.26 Å². The Morgan fingerprint density at radius 2 is 1.87 bits per heavy atom. The maximum atomic E-state index is 12.4. The number of hydrogen-bond acceptors (Lipinski definition) is 3. The van der Waals surface area contributed by atoms with E-state index in [1.54, 1.807) is 6.08 Å². The topological polar surface area (TPSA) is 62.1 Å². The zero-order valence-electron chi connectivity index (χ0n) is 17.1. The molecule has 0 heterocycles. The van der Waals surface area contributed by atoms with Crippen LogP contribution in [-0.4, -0.2) is 11.9 Å². The van der Waals surface area contributed by atoms with Crippen molar-refractivity contribution >= 4 is 45.3 Å². The normalized spacial score (nSPS) is 14.4. The van der Waals surface area contributed by atoms with Crippen molar-refractivity contribution in [3.63, 3.8) is 0 Å². The van der Waals surface area contributed by atoms with Gasteiger partial charge in [-0.15, -0.1) is 0 Å². The second-order valence-electron chi connectivity index (χ2n) is 7.78. The van der Waals surface area contributed by atoms with Crippen LogP contribution in [0.4, 0.5) is 0 Å². The van der Waals surface area contributed by atoms with Crippen molar-refractivity contribution in [1.29, 1.82) is 5.26 Å². The van der Waals surface area contributed by atoms with Crippen LogP contribution in [0.1, 0.15) is 36.8 Å². The standard InChI is InChI=1S/C26H23IN2O2/c27-24-15-18(13-22(16-28)26(30)29-23-7-3-4-8-23)10-12-25(24)31-17-19-9-11-20-5-1-2-6-21(20)14-19/h1-2,5-6,9-15,23H,3-4,7-8,17H2,(H,29,30)/b22-13-. The van der Waals surface area contributed by atoms with Crippen LogP contribution in [0.25, 0.3) is 16.8 Å². The minimum absolute atomic E-state index is 0.132. The number of hydrogen-bond donors (Lipinski definition) is 1. The van der Waals surface area contributed by atoms with Crippen LogP contribution in [0.3, 0.4) is 0 Å². The molecule has 1 N–H and O–H groups in total. The molecule has 1 amide bonds. The number of rotatable bonds is 6. The second kappa shape index (κ2) is 9.97. The first-order valence-electron chi connectivity index (χ1n) is 10.4. The number of benzene rings is 3. The minimum Gasteiger partial charge on any atom is -0.488 e. The Bertz CT molecular complexity index is 1170. The van der Waals surface area contributed by atoms with Crippen molar-refractivity contribution in [1.82, 2.24) is 5.32 Å². The number of halogens is 1. The third-order valence-electron chi connectivity index (χ3n) is 5.53. The SMILES string of the molecule is N#C/C(=C/c1ccc(OCc2ccc3ccccc3c2)c(I)c1)C(=O)NC1CCCC1. The Hall–Kier alpha value is -2.85. The number of nitrogens with one attached hydrogen (secondary N) is 1. The van der Waals surface area contributed by atoms with Crippen molar-refractivity contribution in [2.24, 2.45) is 0 Å². The number of carbonyl (C=O) groups is 1. The zero-order valence-corrected chi connectivity index (χ0v) is 19.3. The summed E-state index contributed by atoms with van der Waals surface area (Å²) in [6, 6.07) is 22.5. The van der Waals surface area contributed by atoms with E-state index in [2.05, 4.69) is 58.2 Å². The molecule has 0 bridgehead atoms. The van der Waals surface area contributed by atoms with Crippen molar-refractivity contribution in [2.45, 2.75) is 38.3 Å². The molecule has 0 atom stereocenters. The average molecular weight is 522 g/mol. The van der Waals surface area contributed by atoms with E-state index >= 15 is 0 Å². The predicted molar refractivity (Wildman–Crippen MR) is 131 cm³/mol. The third kappa shape index (κ3) is 5.45. The van der Waals surface area contributed by atoms with E-state index in [9.17, 15) is 10.1 Å². The fraction of sp³-hybridized carbons (Fsp3) is 0.231. The van der Waals surface area contributed by atoms with E-state index in [1.807, 2.05) is 36.4 Å². The number of nitrogens with zero attached hydrogens (tertiary/aromatic N) is 1. The van der Waals surface area contributed by atoms with E-state index in [1.165, 1.54) is 10.8 Å². The van der Waals surface area contributed by atoms with E-state index < -0.39 is 0 Å². The molecule has 4 nitrogen and oxygen atoms in total. The molecule has 4 rings (SSSR count). The Balaban J connectivity index is 1.43. The lowest BCUT2D eigenvalue weighted by atomic mass is 10.1. The number of amides is 1. The molecule has 0 aliphatic heterocycles. The van der Waals surface area contributed by atoms with Gasteiger partial charge in [0.2, 0.25) is 0 Å². The molecule has 1 aliphatic carbocycles. The fourth-order valence-corrected chi connectivity index (χ4v) is 4.56.